The maximum atomic E-state index is 5.63. The van der Waals surface area contributed by atoms with Gasteiger partial charge in [0.2, 0.25) is 0 Å². The Bertz CT molecular complexity index is 420. The zero-order chi connectivity index (χ0) is 12.0. The minimum absolute atomic E-state index is 0.704. The summed E-state index contributed by atoms with van der Waals surface area (Å²) in [5.41, 5.74) is 0. The van der Waals surface area contributed by atoms with Crippen LogP contribution >= 0.6 is 48.5 Å². The lowest BCUT2D eigenvalue weighted by molar-refractivity contribution is 1.48. The molecule has 0 N–H and O–H groups in total. The summed E-state index contributed by atoms with van der Waals surface area (Å²) in [6.45, 7) is 0. The van der Waals surface area contributed by atoms with Crippen LogP contribution in [0.5, 0.6) is 0 Å². The van der Waals surface area contributed by atoms with Crippen LogP contribution in [0.25, 0.3) is 0 Å². The van der Waals surface area contributed by atoms with Crippen LogP contribution in [-0.2, 0) is 0 Å². The van der Waals surface area contributed by atoms with Crippen LogP contribution in [0.2, 0.25) is 10.0 Å². The molecule has 0 atom stereocenters. The number of rotatable bonds is 0. The van der Waals surface area contributed by atoms with Gasteiger partial charge in [0, 0.05) is 14.8 Å². The average molecular weight is 289 g/mol. The van der Waals surface area contributed by atoms with E-state index >= 15 is 0 Å². The molecule has 0 aliphatic heterocycles. The predicted molar refractivity (Wildman–Crippen MR) is 77.4 cm³/mol. The first kappa shape index (κ1) is 13.8. The highest BCUT2D eigenvalue weighted by molar-refractivity contribution is 7.80. The third kappa shape index (κ3) is 5.17. The van der Waals surface area contributed by atoms with E-state index in [1.165, 1.54) is 0 Å². The first-order chi connectivity index (χ1) is 7.59. The summed E-state index contributed by atoms with van der Waals surface area (Å²) < 4.78 is 0. The molecule has 84 valence electrons. The number of halogens is 2. The van der Waals surface area contributed by atoms with Crippen molar-refractivity contribution in [3.8, 4) is 0 Å². The molecule has 16 heavy (non-hydrogen) atoms. The smallest absolute Gasteiger partial charge is 0.0539 e. The van der Waals surface area contributed by atoms with E-state index in [1.807, 2.05) is 42.5 Å². The van der Waals surface area contributed by atoms with Gasteiger partial charge in [0.05, 0.1) is 5.02 Å². The van der Waals surface area contributed by atoms with Gasteiger partial charge in [0.1, 0.15) is 0 Å². The molecule has 0 spiro atoms. The molecule has 2 aromatic carbocycles. The Kier molecular flexibility index (Phi) is 6.14. The lowest BCUT2D eigenvalue weighted by Gasteiger charge is -1.90. The van der Waals surface area contributed by atoms with Gasteiger partial charge in [-0.2, -0.15) is 0 Å². The maximum Gasteiger partial charge on any atom is 0.0539 e. The third-order valence-electron chi connectivity index (χ3n) is 1.66. The molecule has 4 heteroatoms. The zero-order valence-corrected chi connectivity index (χ0v) is 11.6. The maximum absolute atomic E-state index is 5.63. The van der Waals surface area contributed by atoms with Crippen LogP contribution in [0, 0.1) is 0 Å². The highest BCUT2D eigenvalue weighted by Crippen LogP contribution is 2.17. The lowest BCUT2D eigenvalue weighted by atomic mass is 10.4. The Morgan fingerprint density at radius 1 is 0.812 bits per heavy atom. The number of benzene rings is 2. The van der Waals surface area contributed by atoms with E-state index in [0.717, 1.165) is 14.8 Å². The minimum Gasteiger partial charge on any atom is -0.143 e. The fourth-order valence-corrected chi connectivity index (χ4v) is 1.72. The Morgan fingerprint density at radius 3 is 1.88 bits per heavy atom. The van der Waals surface area contributed by atoms with Gasteiger partial charge >= 0.3 is 0 Å². The van der Waals surface area contributed by atoms with Crippen LogP contribution in [0.15, 0.2) is 58.3 Å². The molecular formula is C12H10Cl2S2. The second kappa shape index (κ2) is 7.13. The molecule has 0 heterocycles. The molecular weight excluding hydrogens is 279 g/mol. The van der Waals surface area contributed by atoms with Gasteiger partial charge in [0.25, 0.3) is 0 Å². The zero-order valence-electron chi connectivity index (χ0n) is 8.27. The van der Waals surface area contributed by atoms with Crippen LogP contribution in [0.4, 0.5) is 0 Å². The number of hydrogen-bond donors (Lipinski definition) is 2. The molecule has 0 nitrogen and oxygen atoms in total. The largest absolute Gasteiger partial charge is 0.143 e. The van der Waals surface area contributed by atoms with E-state index in [1.54, 1.807) is 6.07 Å². The summed E-state index contributed by atoms with van der Waals surface area (Å²) in [5.74, 6) is 0. The topological polar surface area (TPSA) is 0 Å². The van der Waals surface area contributed by atoms with Crippen molar-refractivity contribution in [3.63, 3.8) is 0 Å². The van der Waals surface area contributed by atoms with E-state index in [4.69, 9.17) is 23.2 Å². The molecule has 0 aliphatic rings. The molecule has 0 radical (unpaired) electrons. The normalized spacial score (nSPS) is 9.25. The fourth-order valence-electron chi connectivity index (χ4n) is 0.928. The molecule has 0 unspecified atom stereocenters. The standard InChI is InChI=1S/2C6H5ClS/c7-5-2-1-3-6(8)4-5;7-5-3-1-2-4-6(5)8/h2*1-4,8H. The minimum atomic E-state index is 0.704. The molecule has 2 rings (SSSR count). The lowest BCUT2D eigenvalue weighted by Crippen LogP contribution is -1.63. The van der Waals surface area contributed by atoms with Crippen molar-refractivity contribution in [1.82, 2.24) is 0 Å². The molecule has 0 saturated heterocycles. The van der Waals surface area contributed by atoms with Crippen LogP contribution in [-0.4, -0.2) is 0 Å². The van der Waals surface area contributed by atoms with E-state index in [-0.39, 0.29) is 0 Å². The Balaban J connectivity index is 0.000000160. The number of thiol groups is 2. The van der Waals surface area contributed by atoms with Crippen LogP contribution < -0.4 is 0 Å². The molecule has 0 saturated carbocycles. The average Bonchev–Trinajstić information content (AvgIpc) is 2.23. The van der Waals surface area contributed by atoms with Crippen molar-refractivity contribution in [2.24, 2.45) is 0 Å². The van der Waals surface area contributed by atoms with Crippen molar-refractivity contribution in [1.29, 1.82) is 0 Å². The van der Waals surface area contributed by atoms with Gasteiger partial charge in [0.15, 0.2) is 0 Å². The predicted octanol–water partition coefficient (Wildman–Crippen LogP) is 5.26. The summed E-state index contributed by atoms with van der Waals surface area (Å²) in [4.78, 5) is 1.73. The molecule has 0 aliphatic carbocycles. The van der Waals surface area contributed by atoms with Crippen LogP contribution in [0.1, 0.15) is 0 Å². The van der Waals surface area contributed by atoms with Gasteiger partial charge in [-0.05, 0) is 30.3 Å². The van der Waals surface area contributed by atoms with Gasteiger partial charge in [-0.25, -0.2) is 0 Å². The molecule has 0 fully saturated rings. The first-order valence-corrected chi connectivity index (χ1v) is 6.12. The molecule has 0 aromatic heterocycles. The van der Waals surface area contributed by atoms with Gasteiger partial charge in [-0.3, -0.25) is 0 Å². The highest BCUT2D eigenvalue weighted by Gasteiger charge is 1.87. The van der Waals surface area contributed by atoms with Gasteiger partial charge in [-0.1, -0.05) is 41.4 Å². The summed E-state index contributed by atoms with van der Waals surface area (Å²) in [6, 6.07) is 14.8. The second-order valence-electron chi connectivity index (χ2n) is 2.93. The summed E-state index contributed by atoms with van der Waals surface area (Å²) in [6.07, 6.45) is 0. The third-order valence-corrected chi connectivity index (χ3v) is 3.03. The Hall–Kier alpha value is -0.280. The van der Waals surface area contributed by atoms with Crippen LogP contribution in [0.3, 0.4) is 0 Å². The first-order valence-electron chi connectivity index (χ1n) is 4.47. The van der Waals surface area contributed by atoms with Crippen molar-refractivity contribution in [2.45, 2.75) is 9.79 Å². The van der Waals surface area contributed by atoms with E-state index < -0.39 is 0 Å². The van der Waals surface area contributed by atoms with Crippen molar-refractivity contribution >= 4 is 48.5 Å². The van der Waals surface area contributed by atoms with Crippen molar-refractivity contribution in [3.05, 3.63) is 58.6 Å². The van der Waals surface area contributed by atoms with Crippen molar-refractivity contribution in [2.75, 3.05) is 0 Å². The van der Waals surface area contributed by atoms with Gasteiger partial charge < -0.3 is 0 Å². The highest BCUT2D eigenvalue weighted by atomic mass is 35.5. The Morgan fingerprint density at radius 2 is 1.50 bits per heavy atom. The van der Waals surface area contributed by atoms with E-state index in [9.17, 15) is 0 Å². The molecule has 0 bridgehead atoms. The number of hydrogen-bond acceptors (Lipinski definition) is 2. The van der Waals surface area contributed by atoms with E-state index in [0.29, 0.717) is 5.02 Å². The second-order valence-corrected chi connectivity index (χ2v) is 4.77. The summed E-state index contributed by atoms with van der Waals surface area (Å²) in [5, 5.41) is 1.44. The van der Waals surface area contributed by atoms with Crippen molar-refractivity contribution < 1.29 is 0 Å². The molecule has 0 amide bonds. The SMILES string of the molecule is Sc1cccc(Cl)c1.Sc1ccccc1Cl. The van der Waals surface area contributed by atoms with E-state index in [2.05, 4.69) is 25.3 Å². The quantitative estimate of drug-likeness (QED) is 0.607. The molecule has 2 aromatic rings. The summed E-state index contributed by atoms with van der Waals surface area (Å²) in [7, 11) is 0. The fraction of sp³-hybridized carbons (Fsp3) is 0. The monoisotopic (exact) mass is 288 g/mol. The van der Waals surface area contributed by atoms with Gasteiger partial charge in [-0.15, -0.1) is 25.3 Å². The Labute approximate surface area is 116 Å². The summed E-state index contributed by atoms with van der Waals surface area (Å²) >= 11 is 19.4.